The molecule has 4 N–H and O–H groups in total. The molecule has 9 nitrogen and oxygen atoms in total. The van der Waals surface area contributed by atoms with E-state index in [4.69, 9.17) is 0 Å². The SMILES string of the molecule is CCc1cc(C(C)=O)c(O)c2c1C[C@@H]1C[C@@H]3C(N(C)C)C(O)=C(C(C)=O)C(=O)[C@]3(O)C(O)=C1C2=O. The number of aliphatic hydroxyl groups excluding tert-OH is 2. The van der Waals surface area contributed by atoms with Crippen molar-refractivity contribution < 1.29 is 39.6 Å². The quantitative estimate of drug-likeness (QED) is 0.372. The van der Waals surface area contributed by atoms with Gasteiger partial charge >= 0.3 is 0 Å². The number of carbonyl (C=O) groups is 4. The molecule has 0 saturated carbocycles. The van der Waals surface area contributed by atoms with Crippen LogP contribution in [0.1, 0.15) is 59.0 Å². The van der Waals surface area contributed by atoms with Gasteiger partial charge in [0.1, 0.15) is 22.8 Å². The van der Waals surface area contributed by atoms with Gasteiger partial charge in [-0.05, 0) is 70.3 Å². The first-order valence-electron chi connectivity index (χ1n) is 11.5. The summed E-state index contributed by atoms with van der Waals surface area (Å²) >= 11 is 0. The molecule has 186 valence electrons. The highest BCUT2D eigenvalue weighted by Gasteiger charge is 2.63. The molecule has 0 amide bonds. The Balaban J connectivity index is 2.00. The summed E-state index contributed by atoms with van der Waals surface area (Å²) in [5.74, 6) is -6.63. The van der Waals surface area contributed by atoms with Crippen molar-refractivity contribution in [2.75, 3.05) is 14.1 Å². The number of rotatable bonds is 4. The van der Waals surface area contributed by atoms with Gasteiger partial charge in [0, 0.05) is 11.5 Å². The molecule has 0 aromatic heterocycles. The second kappa shape index (κ2) is 8.13. The van der Waals surface area contributed by atoms with Crippen molar-refractivity contribution in [2.45, 2.75) is 51.7 Å². The molecule has 35 heavy (non-hydrogen) atoms. The van der Waals surface area contributed by atoms with Gasteiger partial charge in [-0.3, -0.25) is 24.1 Å². The number of aryl methyl sites for hydroxylation is 1. The first kappa shape index (κ1) is 24.8. The van der Waals surface area contributed by atoms with Crippen molar-refractivity contribution in [2.24, 2.45) is 11.8 Å². The Hall–Kier alpha value is -3.30. The molecular formula is C26H29NO8. The fourth-order valence-electron chi connectivity index (χ4n) is 6.08. The Labute approximate surface area is 202 Å². The lowest BCUT2D eigenvalue weighted by atomic mass is 9.58. The first-order chi connectivity index (χ1) is 16.3. The summed E-state index contributed by atoms with van der Waals surface area (Å²) in [5, 5.41) is 44.6. The Bertz CT molecular complexity index is 1270. The second-order valence-electron chi connectivity index (χ2n) is 9.85. The number of likely N-dealkylation sites (N-methyl/N-ethyl adjacent to an activating group) is 1. The van der Waals surface area contributed by atoms with Crippen molar-refractivity contribution >= 4 is 23.1 Å². The average Bonchev–Trinajstić information content (AvgIpc) is 2.75. The zero-order chi connectivity index (χ0) is 26.1. The van der Waals surface area contributed by atoms with Crippen LogP contribution in [0, 0.1) is 11.8 Å². The van der Waals surface area contributed by atoms with Gasteiger partial charge in [0.2, 0.25) is 5.78 Å². The van der Waals surface area contributed by atoms with Crippen LogP contribution >= 0.6 is 0 Å². The molecule has 0 saturated heterocycles. The number of carbonyl (C=O) groups excluding carboxylic acids is 4. The molecule has 1 aromatic carbocycles. The van der Waals surface area contributed by atoms with Gasteiger partial charge in [0.25, 0.3) is 0 Å². The lowest BCUT2D eigenvalue weighted by molar-refractivity contribution is -0.148. The molecular weight excluding hydrogens is 454 g/mol. The Morgan fingerprint density at radius 2 is 1.74 bits per heavy atom. The highest BCUT2D eigenvalue weighted by atomic mass is 16.3. The van der Waals surface area contributed by atoms with Crippen molar-refractivity contribution in [3.8, 4) is 5.75 Å². The largest absolute Gasteiger partial charge is 0.510 e. The molecule has 3 aliphatic carbocycles. The van der Waals surface area contributed by atoms with Gasteiger partial charge < -0.3 is 20.4 Å². The van der Waals surface area contributed by atoms with Crippen LogP contribution in [0.4, 0.5) is 0 Å². The monoisotopic (exact) mass is 483 g/mol. The minimum absolute atomic E-state index is 0.0203. The first-order valence-corrected chi connectivity index (χ1v) is 11.5. The molecule has 3 aliphatic rings. The summed E-state index contributed by atoms with van der Waals surface area (Å²) in [6.07, 6.45) is 0.773. The number of allylic oxidation sites excluding steroid dienone is 1. The average molecular weight is 484 g/mol. The number of fused-ring (bicyclic) bond motifs is 3. The Kier molecular flexibility index (Phi) is 5.77. The number of hydrogen-bond donors (Lipinski definition) is 4. The van der Waals surface area contributed by atoms with Crippen LogP contribution in [0.25, 0.3) is 0 Å². The predicted molar refractivity (Wildman–Crippen MR) is 125 cm³/mol. The molecule has 0 radical (unpaired) electrons. The fraction of sp³-hybridized carbons (Fsp3) is 0.462. The zero-order valence-corrected chi connectivity index (χ0v) is 20.3. The summed E-state index contributed by atoms with van der Waals surface area (Å²) in [5.41, 5.74) is -2.32. The maximum atomic E-state index is 13.7. The van der Waals surface area contributed by atoms with Gasteiger partial charge in [-0.1, -0.05) is 6.92 Å². The number of benzene rings is 1. The number of ketones is 4. The second-order valence-corrected chi connectivity index (χ2v) is 9.85. The molecule has 0 spiro atoms. The van der Waals surface area contributed by atoms with Crippen molar-refractivity contribution in [3.63, 3.8) is 0 Å². The number of aliphatic hydroxyl groups is 3. The van der Waals surface area contributed by atoms with Crippen molar-refractivity contribution in [1.82, 2.24) is 4.90 Å². The normalized spacial score (nSPS) is 28.1. The Morgan fingerprint density at radius 1 is 1.11 bits per heavy atom. The number of phenolic OH excluding ortho intramolecular Hbond substituents is 1. The maximum Gasteiger partial charge on any atom is 0.209 e. The van der Waals surface area contributed by atoms with E-state index in [1.807, 2.05) is 6.92 Å². The van der Waals surface area contributed by atoms with Gasteiger partial charge in [-0.15, -0.1) is 0 Å². The molecule has 4 atom stereocenters. The van der Waals surface area contributed by atoms with Crippen LogP contribution in [-0.4, -0.2) is 74.2 Å². The number of hydrogen-bond acceptors (Lipinski definition) is 9. The molecule has 0 aliphatic heterocycles. The summed E-state index contributed by atoms with van der Waals surface area (Å²) in [6, 6.07) is 0.605. The number of aromatic hydroxyl groups is 1. The molecule has 9 heteroatoms. The van der Waals surface area contributed by atoms with Crippen LogP contribution in [-0.2, 0) is 22.4 Å². The summed E-state index contributed by atoms with van der Waals surface area (Å²) in [6.45, 7) is 4.20. The standard InChI is InChI=1S/C26H29NO8/c1-6-12-7-14(10(2)28)21(30)19-15(12)8-13-9-16-20(27(4)5)23(32)17(11(3)29)24(33)26(16,35)25(34)18(13)22(19)31/h7,13,16,20,30,32,34-35H,6,8-9H2,1-5H3/t13-,16-,20?,26+/m1/s1. The molecule has 0 bridgehead atoms. The number of Topliss-reactive ketones (excluding diaryl/α,β-unsaturated/α-hetero) is 4. The Morgan fingerprint density at radius 3 is 2.26 bits per heavy atom. The predicted octanol–water partition coefficient (Wildman–Crippen LogP) is 1.99. The van der Waals surface area contributed by atoms with Crippen LogP contribution in [0.15, 0.2) is 28.7 Å². The fourth-order valence-corrected chi connectivity index (χ4v) is 6.08. The van der Waals surface area contributed by atoms with Gasteiger partial charge in [-0.2, -0.15) is 0 Å². The number of nitrogens with zero attached hydrogens (tertiary/aromatic N) is 1. The third kappa shape index (κ3) is 3.21. The third-order valence-electron chi connectivity index (χ3n) is 7.68. The minimum Gasteiger partial charge on any atom is -0.510 e. The van der Waals surface area contributed by atoms with Gasteiger partial charge in [-0.25, -0.2) is 0 Å². The van der Waals surface area contributed by atoms with Crippen LogP contribution in [0.2, 0.25) is 0 Å². The van der Waals surface area contributed by atoms with E-state index in [9.17, 15) is 39.6 Å². The van der Waals surface area contributed by atoms with Crippen LogP contribution in [0.5, 0.6) is 5.75 Å². The summed E-state index contributed by atoms with van der Waals surface area (Å²) in [7, 11) is 3.23. The molecule has 1 aromatic rings. The van der Waals surface area contributed by atoms with Crippen LogP contribution in [0.3, 0.4) is 0 Å². The van der Waals surface area contributed by atoms with E-state index in [1.165, 1.54) is 6.92 Å². The summed E-state index contributed by atoms with van der Waals surface area (Å²) in [4.78, 5) is 52.9. The van der Waals surface area contributed by atoms with E-state index in [-0.39, 0.29) is 29.5 Å². The third-order valence-corrected chi connectivity index (χ3v) is 7.68. The molecule has 1 unspecified atom stereocenters. The van der Waals surface area contributed by atoms with Crippen molar-refractivity contribution in [3.05, 3.63) is 51.0 Å². The van der Waals surface area contributed by atoms with Crippen LogP contribution < -0.4 is 0 Å². The molecule has 0 fully saturated rings. The minimum atomic E-state index is -2.61. The molecule has 0 heterocycles. The topological polar surface area (TPSA) is 152 Å². The lowest BCUT2D eigenvalue weighted by Gasteiger charge is -2.50. The van der Waals surface area contributed by atoms with E-state index in [0.29, 0.717) is 17.5 Å². The van der Waals surface area contributed by atoms with E-state index in [1.54, 1.807) is 25.1 Å². The smallest absolute Gasteiger partial charge is 0.209 e. The van der Waals surface area contributed by atoms with E-state index in [0.717, 1.165) is 6.92 Å². The van der Waals surface area contributed by atoms with E-state index < -0.39 is 69.5 Å². The maximum absolute atomic E-state index is 13.7. The summed E-state index contributed by atoms with van der Waals surface area (Å²) < 4.78 is 0. The molecule has 4 rings (SSSR count). The van der Waals surface area contributed by atoms with Gasteiger partial charge in [0.05, 0.1) is 17.2 Å². The number of phenols is 1. The lowest BCUT2D eigenvalue weighted by Crippen LogP contribution is -2.63. The highest BCUT2D eigenvalue weighted by Crippen LogP contribution is 2.52. The van der Waals surface area contributed by atoms with Crippen molar-refractivity contribution in [1.29, 1.82) is 0 Å². The van der Waals surface area contributed by atoms with Gasteiger partial charge in [0.15, 0.2) is 23.0 Å². The van der Waals surface area contributed by atoms with E-state index >= 15 is 0 Å². The van der Waals surface area contributed by atoms with E-state index in [2.05, 4.69) is 0 Å². The zero-order valence-electron chi connectivity index (χ0n) is 20.3. The highest BCUT2D eigenvalue weighted by molar-refractivity contribution is 6.25.